The second kappa shape index (κ2) is 22.6. The van der Waals surface area contributed by atoms with Crippen LogP contribution in [0.25, 0.3) is 0 Å². The Labute approximate surface area is 400 Å². The van der Waals surface area contributed by atoms with Crippen molar-refractivity contribution in [3.05, 3.63) is 174 Å². The second-order valence-corrected chi connectivity index (χ2v) is 21.3. The van der Waals surface area contributed by atoms with Gasteiger partial charge in [0.05, 0.1) is 35.7 Å². The van der Waals surface area contributed by atoms with E-state index in [4.69, 9.17) is 0 Å². The van der Waals surface area contributed by atoms with Gasteiger partial charge in [0.25, 0.3) is 31.9 Å². The van der Waals surface area contributed by atoms with Crippen LogP contribution in [0.3, 0.4) is 0 Å². The van der Waals surface area contributed by atoms with Gasteiger partial charge in [0, 0.05) is 63.1 Å². The van der Waals surface area contributed by atoms with Gasteiger partial charge in [0.1, 0.15) is 5.82 Å². The SMILES string of the molecule is CC(C)NC(=O)c1cccc(N(Cc2ccccc2)S(=O)(=O)c2cccc(F)c2)c1.Cn1cnc(S(=O)(=O)N(Cc2ccccc2)c2cccc(C(=O)N3CCN(CC4CCCCC4)CC3)c2)c1. The summed E-state index contributed by atoms with van der Waals surface area (Å²) in [5.74, 6) is -0.200. The topological polar surface area (TPSA) is 145 Å². The number of hydrogen-bond donors (Lipinski definition) is 1. The molecule has 0 atom stereocenters. The molecule has 0 spiro atoms. The van der Waals surface area contributed by atoms with E-state index in [0.29, 0.717) is 35.6 Å². The highest BCUT2D eigenvalue weighted by atomic mass is 32.2. The van der Waals surface area contributed by atoms with Gasteiger partial charge in [0.15, 0.2) is 5.03 Å². The normalized spacial score (nSPS) is 14.8. The standard InChI is InChI=1S/C29H37N5O3S.C23H23FN2O3S/c1-31-22-28(30-23-31)38(36,37)34(21-25-11-6-3-7-12-25)27-14-8-13-26(19-27)29(35)33-17-15-32(16-18-33)20-24-9-4-2-5-10-24;1-17(2)25-23(27)19-10-6-12-21(14-19)26(16-18-8-4-3-5-9-18)30(28,29)22-13-7-11-20(24)15-22/h3,6-8,11-14,19,22-24H,2,4-5,9-10,15-18,20-21H2,1H3;3-15,17H,16H2,1-2H3,(H,25,27). The number of aromatic nitrogens is 2. The van der Waals surface area contributed by atoms with Gasteiger partial charge in [-0.3, -0.25) is 23.1 Å². The molecule has 13 nitrogen and oxygen atoms in total. The maximum Gasteiger partial charge on any atom is 0.283 e. The van der Waals surface area contributed by atoms with Crippen molar-refractivity contribution in [2.45, 2.75) is 75.0 Å². The van der Waals surface area contributed by atoms with Crippen LogP contribution in [-0.2, 0) is 40.2 Å². The largest absolute Gasteiger partial charge is 0.350 e. The van der Waals surface area contributed by atoms with E-state index in [2.05, 4.69) is 15.2 Å². The zero-order valence-corrected chi connectivity index (χ0v) is 40.5. The number of nitrogens with zero attached hydrogens (tertiary/aromatic N) is 6. The first-order chi connectivity index (χ1) is 32.7. The van der Waals surface area contributed by atoms with Gasteiger partial charge >= 0.3 is 0 Å². The van der Waals surface area contributed by atoms with Gasteiger partial charge in [-0.25, -0.2) is 17.8 Å². The molecule has 1 N–H and O–H groups in total. The number of carbonyl (C=O) groups is 2. The van der Waals surface area contributed by atoms with Crippen LogP contribution in [0.4, 0.5) is 15.8 Å². The molecule has 0 unspecified atom stereocenters. The summed E-state index contributed by atoms with van der Waals surface area (Å²) in [5, 5.41) is 2.77. The predicted octanol–water partition coefficient (Wildman–Crippen LogP) is 8.51. The first-order valence-electron chi connectivity index (χ1n) is 23.1. The summed E-state index contributed by atoms with van der Waals surface area (Å²) in [6.07, 6.45) is 9.67. The van der Waals surface area contributed by atoms with Crippen molar-refractivity contribution >= 4 is 43.2 Å². The number of amides is 2. The Morgan fingerprint density at radius 1 is 0.691 bits per heavy atom. The lowest BCUT2D eigenvalue weighted by Gasteiger charge is -2.37. The Kier molecular flexibility index (Phi) is 16.5. The number of hydrogen-bond acceptors (Lipinski definition) is 8. The van der Waals surface area contributed by atoms with Crippen LogP contribution in [0.1, 0.15) is 77.8 Å². The van der Waals surface area contributed by atoms with E-state index in [-0.39, 0.29) is 40.9 Å². The van der Waals surface area contributed by atoms with Crippen LogP contribution in [0.2, 0.25) is 0 Å². The highest BCUT2D eigenvalue weighted by Gasteiger charge is 2.30. The molecule has 5 aromatic carbocycles. The molecule has 16 heteroatoms. The fourth-order valence-electron chi connectivity index (χ4n) is 8.51. The molecule has 2 aliphatic rings. The van der Waals surface area contributed by atoms with Gasteiger partial charge in [-0.15, -0.1) is 0 Å². The van der Waals surface area contributed by atoms with Crippen LogP contribution in [-0.4, -0.2) is 86.8 Å². The number of halogens is 1. The van der Waals surface area contributed by atoms with E-state index in [1.807, 2.05) is 79.4 Å². The Bertz CT molecular complexity index is 2850. The van der Waals surface area contributed by atoms with E-state index >= 15 is 0 Å². The predicted molar refractivity (Wildman–Crippen MR) is 264 cm³/mol. The van der Waals surface area contributed by atoms with Crippen molar-refractivity contribution in [2.75, 3.05) is 41.3 Å². The van der Waals surface area contributed by atoms with Crippen LogP contribution in [0.5, 0.6) is 0 Å². The van der Waals surface area contributed by atoms with Crippen LogP contribution >= 0.6 is 0 Å². The van der Waals surface area contributed by atoms with E-state index in [0.717, 1.165) is 42.7 Å². The first kappa shape index (κ1) is 49.5. The molecule has 6 aromatic rings. The number of carbonyl (C=O) groups excluding carboxylic acids is 2. The molecule has 0 radical (unpaired) electrons. The summed E-state index contributed by atoms with van der Waals surface area (Å²) >= 11 is 0. The number of anilines is 2. The molecule has 1 aliphatic carbocycles. The molecule has 1 aromatic heterocycles. The van der Waals surface area contributed by atoms with Gasteiger partial charge in [-0.2, -0.15) is 8.42 Å². The molecule has 8 rings (SSSR count). The maximum atomic E-state index is 13.7. The molecule has 2 fully saturated rings. The monoisotopic (exact) mass is 961 g/mol. The number of benzene rings is 5. The molecule has 1 aliphatic heterocycles. The molecule has 2 amide bonds. The third kappa shape index (κ3) is 12.8. The average molecular weight is 962 g/mol. The molecule has 1 saturated heterocycles. The third-order valence-electron chi connectivity index (χ3n) is 12.1. The quantitative estimate of drug-likeness (QED) is 0.108. The molecular weight excluding hydrogens is 902 g/mol. The minimum absolute atomic E-state index is 0.0262. The van der Waals surface area contributed by atoms with Crippen molar-refractivity contribution in [2.24, 2.45) is 13.0 Å². The van der Waals surface area contributed by atoms with Crippen molar-refractivity contribution < 1.29 is 30.8 Å². The van der Waals surface area contributed by atoms with Crippen molar-refractivity contribution in [1.82, 2.24) is 24.7 Å². The Morgan fingerprint density at radius 2 is 1.25 bits per heavy atom. The Balaban J connectivity index is 0.000000207. The summed E-state index contributed by atoms with van der Waals surface area (Å²) in [6, 6.07) is 36.7. The van der Waals surface area contributed by atoms with Gasteiger partial charge < -0.3 is 14.8 Å². The number of imidazole rings is 1. The second-order valence-electron chi connectivity index (χ2n) is 17.7. The number of sulfonamides is 2. The zero-order chi connectivity index (χ0) is 48.3. The molecule has 1 saturated carbocycles. The molecule has 358 valence electrons. The summed E-state index contributed by atoms with van der Waals surface area (Å²) in [6.45, 7) is 8.15. The van der Waals surface area contributed by atoms with E-state index in [1.165, 1.54) is 77.5 Å². The van der Waals surface area contributed by atoms with E-state index in [9.17, 15) is 30.8 Å². The first-order valence-corrected chi connectivity index (χ1v) is 25.9. The van der Waals surface area contributed by atoms with Gasteiger partial charge in [-0.1, -0.05) is 98.1 Å². The van der Waals surface area contributed by atoms with Crippen molar-refractivity contribution in [3.63, 3.8) is 0 Å². The Morgan fingerprint density at radius 3 is 1.81 bits per heavy atom. The van der Waals surface area contributed by atoms with Crippen LogP contribution < -0.4 is 13.9 Å². The number of rotatable bonds is 15. The molecule has 0 bridgehead atoms. The summed E-state index contributed by atoms with van der Waals surface area (Å²) in [5.41, 5.74) is 3.21. The van der Waals surface area contributed by atoms with Crippen LogP contribution in [0, 0.1) is 11.7 Å². The summed E-state index contributed by atoms with van der Waals surface area (Å²) in [4.78, 5) is 34.2. The van der Waals surface area contributed by atoms with E-state index in [1.54, 1.807) is 54.1 Å². The van der Waals surface area contributed by atoms with Crippen molar-refractivity contribution in [1.29, 1.82) is 0 Å². The lowest BCUT2D eigenvalue weighted by atomic mass is 9.89. The molecular formula is C52H60FN7O6S2. The van der Waals surface area contributed by atoms with Gasteiger partial charge in [-0.05, 0) is 98.3 Å². The number of aryl methyl sites for hydroxylation is 1. The lowest BCUT2D eigenvalue weighted by molar-refractivity contribution is 0.0606. The number of nitrogens with one attached hydrogen (secondary N) is 1. The fraction of sp³-hybridized carbons (Fsp3) is 0.327. The molecule has 68 heavy (non-hydrogen) atoms. The van der Waals surface area contributed by atoms with E-state index < -0.39 is 25.9 Å². The average Bonchev–Trinajstić information content (AvgIpc) is 3.80. The Hall–Kier alpha value is -6.36. The van der Waals surface area contributed by atoms with Gasteiger partial charge in [0.2, 0.25) is 0 Å². The minimum atomic E-state index is -4.08. The highest BCUT2D eigenvalue weighted by molar-refractivity contribution is 7.93. The third-order valence-corrected chi connectivity index (χ3v) is 15.5. The lowest BCUT2D eigenvalue weighted by Crippen LogP contribution is -2.49. The highest BCUT2D eigenvalue weighted by Crippen LogP contribution is 2.30. The maximum absolute atomic E-state index is 13.7. The van der Waals surface area contributed by atoms with Crippen LogP contribution in [0.15, 0.2) is 156 Å². The smallest absolute Gasteiger partial charge is 0.283 e. The fourth-order valence-corrected chi connectivity index (χ4v) is 11.4. The summed E-state index contributed by atoms with van der Waals surface area (Å²) in [7, 11) is -6.29. The zero-order valence-electron chi connectivity index (χ0n) is 38.8. The minimum Gasteiger partial charge on any atom is -0.350 e. The number of piperazine rings is 1. The molecule has 2 heterocycles. The summed E-state index contributed by atoms with van der Waals surface area (Å²) < 4.78 is 72.1. The van der Waals surface area contributed by atoms with Crippen molar-refractivity contribution in [3.8, 4) is 0 Å².